The Hall–Kier alpha value is -2.74. The summed E-state index contributed by atoms with van der Waals surface area (Å²) in [4.78, 5) is 48.9. The first kappa shape index (κ1) is 18.1. The van der Waals surface area contributed by atoms with Crippen LogP contribution in [0.25, 0.3) is 0 Å². The van der Waals surface area contributed by atoms with Crippen molar-refractivity contribution in [1.29, 1.82) is 0 Å². The summed E-state index contributed by atoms with van der Waals surface area (Å²) in [5.41, 5.74) is 0.677. The van der Waals surface area contributed by atoms with E-state index >= 15 is 0 Å². The zero-order chi connectivity index (χ0) is 18.8. The average molecular weight is 361 g/mol. The maximum absolute atomic E-state index is 12.7. The van der Waals surface area contributed by atoms with Crippen molar-refractivity contribution in [3.8, 4) is 0 Å². The molecule has 0 aliphatic carbocycles. The van der Waals surface area contributed by atoms with Crippen LogP contribution in [0.15, 0.2) is 24.3 Å². The Labute approximate surface area is 150 Å². The molecule has 8 nitrogen and oxygen atoms in total. The summed E-state index contributed by atoms with van der Waals surface area (Å²) >= 11 is 0. The van der Waals surface area contributed by atoms with Crippen molar-refractivity contribution in [2.45, 2.75) is 45.1 Å². The lowest BCUT2D eigenvalue weighted by Gasteiger charge is -2.39. The van der Waals surface area contributed by atoms with Gasteiger partial charge in [-0.3, -0.25) is 24.1 Å². The summed E-state index contributed by atoms with van der Waals surface area (Å²) in [5.74, 6) is -1.82. The molecule has 0 aromatic heterocycles. The zero-order valence-corrected chi connectivity index (χ0v) is 14.5. The highest BCUT2D eigenvalue weighted by molar-refractivity contribution is 6.21. The summed E-state index contributed by atoms with van der Waals surface area (Å²) in [6.07, 6.45) is -0.887. The van der Waals surface area contributed by atoms with Crippen LogP contribution in [0.1, 0.15) is 47.4 Å². The SMILES string of the molecule is CC(=O)OC[C@@H]1OC(OC(C)=O)CC[C@H]1N1C(=O)c2ccccc2C1=O. The highest BCUT2D eigenvalue weighted by Gasteiger charge is 2.46. The highest BCUT2D eigenvalue weighted by atomic mass is 16.7. The molecule has 2 heterocycles. The third kappa shape index (κ3) is 3.45. The highest BCUT2D eigenvalue weighted by Crippen LogP contribution is 2.32. The van der Waals surface area contributed by atoms with Gasteiger partial charge in [0.15, 0.2) is 0 Å². The van der Waals surface area contributed by atoms with Gasteiger partial charge in [-0.2, -0.15) is 0 Å². The van der Waals surface area contributed by atoms with Gasteiger partial charge in [-0.1, -0.05) is 12.1 Å². The van der Waals surface area contributed by atoms with E-state index in [4.69, 9.17) is 14.2 Å². The van der Waals surface area contributed by atoms with Gasteiger partial charge in [0.05, 0.1) is 17.2 Å². The Morgan fingerprint density at radius 3 is 2.23 bits per heavy atom. The first-order chi connectivity index (χ1) is 12.4. The van der Waals surface area contributed by atoms with Crippen molar-refractivity contribution >= 4 is 23.8 Å². The fraction of sp³-hybridized carbons (Fsp3) is 0.444. The van der Waals surface area contributed by atoms with Crippen molar-refractivity contribution in [3.05, 3.63) is 35.4 Å². The first-order valence-electron chi connectivity index (χ1n) is 8.31. The van der Waals surface area contributed by atoms with Gasteiger partial charge in [0.1, 0.15) is 12.7 Å². The summed E-state index contributed by atoms with van der Waals surface area (Å²) in [6.45, 7) is 2.37. The van der Waals surface area contributed by atoms with E-state index in [0.29, 0.717) is 24.0 Å². The normalized spacial score (nSPS) is 25.0. The van der Waals surface area contributed by atoms with Crippen LogP contribution in [0, 0.1) is 0 Å². The number of benzene rings is 1. The zero-order valence-electron chi connectivity index (χ0n) is 14.5. The summed E-state index contributed by atoms with van der Waals surface area (Å²) in [5, 5.41) is 0. The van der Waals surface area contributed by atoms with Crippen LogP contribution in [-0.4, -0.2) is 53.7 Å². The van der Waals surface area contributed by atoms with Crippen molar-refractivity contribution in [3.63, 3.8) is 0 Å². The minimum Gasteiger partial charge on any atom is -0.463 e. The topological polar surface area (TPSA) is 99.2 Å². The molecule has 2 amide bonds. The summed E-state index contributed by atoms with van der Waals surface area (Å²) in [6, 6.07) is 5.97. The number of esters is 2. The minimum absolute atomic E-state index is 0.148. The van der Waals surface area contributed by atoms with Crippen molar-refractivity contribution in [1.82, 2.24) is 4.90 Å². The number of fused-ring (bicyclic) bond motifs is 1. The number of imide groups is 1. The van der Waals surface area contributed by atoms with Gasteiger partial charge in [-0.15, -0.1) is 0 Å². The number of ether oxygens (including phenoxy) is 3. The Balaban J connectivity index is 1.82. The lowest BCUT2D eigenvalue weighted by Crippen LogP contribution is -2.54. The Kier molecular flexibility index (Phi) is 5.03. The van der Waals surface area contributed by atoms with Gasteiger partial charge in [0.25, 0.3) is 11.8 Å². The van der Waals surface area contributed by atoms with E-state index in [-0.39, 0.29) is 6.61 Å². The molecule has 1 unspecified atom stereocenters. The molecule has 1 fully saturated rings. The van der Waals surface area contributed by atoms with Gasteiger partial charge in [0, 0.05) is 20.3 Å². The fourth-order valence-electron chi connectivity index (χ4n) is 3.27. The molecule has 3 atom stereocenters. The minimum atomic E-state index is -0.806. The Bertz CT molecular complexity index is 725. The van der Waals surface area contributed by atoms with Crippen molar-refractivity contribution in [2.24, 2.45) is 0 Å². The molecule has 26 heavy (non-hydrogen) atoms. The van der Waals surface area contributed by atoms with E-state index in [1.807, 2.05) is 0 Å². The van der Waals surface area contributed by atoms with Crippen LogP contribution in [0.5, 0.6) is 0 Å². The van der Waals surface area contributed by atoms with Gasteiger partial charge in [-0.25, -0.2) is 0 Å². The molecule has 138 valence electrons. The van der Waals surface area contributed by atoms with Crippen LogP contribution < -0.4 is 0 Å². The second-order valence-corrected chi connectivity index (χ2v) is 6.19. The Morgan fingerprint density at radius 2 is 1.69 bits per heavy atom. The van der Waals surface area contributed by atoms with Gasteiger partial charge < -0.3 is 14.2 Å². The maximum Gasteiger partial charge on any atom is 0.304 e. The Morgan fingerprint density at radius 1 is 1.08 bits per heavy atom. The fourth-order valence-corrected chi connectivity index (χ4v) is 3.27. The lowest BCUT2D eigenvalue weighted by atomic mass is 10.00. The first-order valence-corrected chi connectivity index (χ1v) is 8.31. The molecule has 1 aromatic carbocycles. The number of rotatable bonds is 4. The number of carbonyl (C=O) groups excluding carboxylic acids is 4. The molecule has 3 rings (SSSR count). The molecule has 2 aliphatic rings. The predicted molar refractivity (Wildman–Crippen MR) is 87.0 cm³/mol. The third-order valence-corrected chi connectivity index (χ3v) is 4.36. The van der Waals surface area contributed by atoms with Crippen LogP contribution in [0.3, 0.4) is 0 Å². The monoisotopic (exact) mass is 361 g/mol. The number of carbonyl (C=O) groups is 4. The molecular weight excluding hydrogens is 342 g/mol. The molecule has 0 spiro atoms. The molecule has 2 aliphatic heterocycles. The van der Waals surface area contributed by atoms with E-state index in [0.717, 1.165) is 4.90 Å². The molecular formula is C18H19NO7. The summed E-state index contributed by atoms with van der Waals surface area (Å²) in [7, 11) is 0. The predicted octanol–water partition coefficient (Wildman–Crippen LogP) is 1.28. The van der Waals surface area contributed by atoms with E-state index in [9.17, 15) is 19.2 Å². The van der Waals surface area contributed by atoms with Crippen molar-refractivity contribution in [2.75, 3.05) is 6.61 Å². The molecule has 8 heteroatoms. The molecule has 0 radical (unpaired) electrons. The standard InChI is InChI=1S/C18H19NO7/c1-10(20)24-9-15-14(7-8-16(26-15)25-11(2)21)19-17(22)12-5-3-4-6-13(12)18(19)23/h3-6,14-16H,7-9H2,1-2H3/t14-,15+,16?/m1/s1. The maximum atomic E-state index is 12.7. The van der Waals surface area contributed by atoms with E-state index in [2.05, 4.69) is 0 Å². The summed E-state index contributed by atoms with van der Waals surface area (Å²) < 4.78 is 15.8. The van der Waals surface area contributed by atoms with Crippen LogP contribution in [0.2, 0.25) is 0 Å². The molecule has 1 saturated heterocycles. The second kappa shape index (κ2) is 7.25. The quantitative estimate of drug-likeness (QED) is 0.588. The largest absolute Gasteiger partial charge is 0.463 e. The molecule has 1 aromatic rings. The molecule has 0 N–H and O–H groups in total. The number of nitrogens with zero attached hydrogens (tertiary/aromatic N) is 1. The number of hydrogen-bond donors (Lipinski definition) is 0. The lowest BCUT2D eigenvalue weighted by molar-refractivity contribution is -0.217. The molecule has 0 saturated carbocycles. The molecule has 0 bridgehead atoms. The van der Waals surface area contributed by atoms with E-state index in [1.165, 1.54) is 13.8 Å². The van der Waals surface area contributed by atoms with Gasteiger partial charge in [-0.05, 0) is 18.6 Å². The van der Waals surface area contributed by atoms with Crippen LogP contribution >= 0.6 is 0 Å². The van der Waals surface area contributed by atoms with Crippen molar-refractivity contribution < 1.29 is 33.4 Å². The second-order valence-electron chi connectivity index (χ2n) is 6.19. The van der Waals surface area contributed by atoms with Crippen LogP contribution in [-0.2, 0) is 23.8 Å². The van der Waals surface area contributed by atoms with E-state index < -0.39 is 42.2 Å². The third-order valence-electron chi connectivity index (χ3n) is 4.36. The smallest absolute Gasteiger partial charge is 0.304 e. The van der Waals surface area contributed by atoms with Crippen LogP contribution in [0.4, 0.5) is 0 Å². The average Bonchev–Trinajstić information content (AvgIpc) is 2.84. The van der Waals surface area contributed by atoms with Gasteiger partial charge in [0.2, 0.25) is 6.29 Å². The van der Waals surface area contributed by atoms with E-state index in [1.54, 1.807) is 24.3 Å². The number of hydrogen-bond acceptors (Lipinski definition) is 7. The number of amides is 2. The van der Waals surface area contributed by atoms with Gasteiger partial charge >= 0.3 is 11.9 Å².